The van der Waals surface area contributed by atoms with E-state index in [2.05, 4.69) is 10.5 Å². The molecule has 1 heterocycles. The first kappa shape index (κ1) is 13.3. The van der Waals surface area contributed by atoms with Crippen molar-refractivity contribution in [2.75, 3.05) is 6.61 Å². The first-order valence-electron chi connectivity index (χ1n) is 6.18. The molecule has 2 aromatic rings. The van der Waals surface area contributed by atoms with Crippen LogP contribution in [0.1, 0.15) is 23.8 Å². The number of aliphatic hydroxyl groups is 1. The van der Waals surface area contributed by atoms with Crippen LogP contribution in [0.3, 0.4) is 0 Å². The Morgan fingerprint density at radius 3 is 2.79 bits per heavy atom. The maximum absolute atomic E-state index is 11.9. The minimum atomic E-state index is -0.341. The summed E-state index contributed by atoms with van der Waals surface area (Å²) in [5.74, 6) is 0.203. The lowest BCUT2D eigenvalue weighted by molar-refractivity contribution is 0.0906. The van der Waals surface area contributed by atoms with Crippen molar-refractivity contribution in [3.05, 3.63) is 42.1 Å². The molecule has 19 heavy (non-hydrogen) atoms. The highest BCUT2D eigenvalue weighted by molar-refractivity contribution is 5.93. The van der Waals surface area contributed by atoms with Crippen LogP contribution in [-0.2, 0) is 0 Å². The maximum atomic E-state index is 11.9. The summed E-state index contributed by atoms with van der Waals surface area (Å²) in [5, 5.41) is 15.5. The summed E-state index contributed by atoms with van der Waals surface area (Å²) in [4.78, 5) is 11.9. The molecule has 0 aliphatic carbocycles. The topological polar surface area (TPSA) is 75.4 Å². The van der Waals surface area contributed by atoms with Crippen molar-refractivity contribution in [1.29, 1.82) is 0 Å². The van der Waals surface area contributed by atoms with Crippen molar-refractivity contribution >= 4 is 5.91 Å². The minimum Gasteiger partial charge on any atom is -0.394 e. The van der Waals surface area contributed by atoms with Crippen LogP contribution in [0, 0.1) is 0 Å². The number of aromatic nitrogens is 1. The third kappa shape index (κ3) is 3.20. The van der Waals surface area contributed by atoms with Crippen LogP contribution in [0.4, 0.5) is 0 Å². The Bertz CT molecular complexity index is 533. The minimum absolute atomic E-state index is 0.0916. The molecule has 5 nitrogen and oxygen atoms in total. The van der Waals surface area contributed by atoms with Gasteiger partial charge in [-0.25, -0.2) is 0 Å². The van der Waals surface area contributed by atoms with Crippen molar-refractivity contribution in [3.8, 4) is 11.3 Å². The predicted octanol–water partition coefficient (Wildman–Crippen LogP) is 1.84. The highest BCUT2D eigenvalue weighted by Gasteiger charge is 2.16. The van der Waals surface area contributed by atoms with E-state index in [4.69, 9.17) is 9.63 Å². The van der Waals surface area contributed by atoms with Crippen LogP contribution in [-0.4, -0.2) is 28.8 Å². The van der Waals surface area contributed by atoms with Gasteiger partial charge in [0, 0.05) is 11.6 Å². The molecule has 0 saturated heterocycles. The molecule has 0 aliphatic heterocycles. The number of carbonyl (C=O) groups is 1. The van der Waals surface area contributed by atoms with Gasteiger partial charge in [-0.2, -0.15) is 0 Å². The molecule has 0 radical (unpaired) electrons. The second kappa shape index (κ2) is 6.15. The average Bonchev–Trinajstić information content (AvgIpc) is 2.95. The molecule has 0 aliphatic rings. The monoisotopic (exact) mass is 260 g/mol. The quantitative estimate of drug-likeness (QED) is 0.860. The fourth-order valence-corrected chi connectivity index (χ4v) is 1.66. The van der Waals surface area contributed by atoms with Crippen LogP contribution in [0.15, 0.2) is 40.9 Å². The Morgan fingerprint density at radius 2 is 2.16 bits per heavy atom. The zero-order valence-electron chi connectivity index (χ0n) is 10.7. The van der Waals surface area contributed by atoms with Gasteiger partial charge in [0.1, 0.15) is 0 Å². The van der Waals surface area contributed by atoms with Crippen molar-refractivity contribution in [2.24, 2.45) is 0 Å². The molecule has 0 spiro atoms. The number of rotatable bonds is 5. The predicted molar refractivity (Wildman–Crippen MR) is 70.6 cm³/mol. The molecule has 2 N–H and O–H groups in total. The molecule has 1 amide bonds. The SMILES string of the molecule is CCC(CO)NC(=O)c1cc(-c2ccccc2)on1. The molecular formula is C14H16N2O3. The third-order valence-electron chi connectivity index (χ3n) is 2.85. The van der Waals surface area contributed by atoms with Crippen molar-refractivity contribution in [1.82, 2.24) is 10.5 Å². The Hall–Kier alpha value is -2.14. The zero-order valence-corrected chi connectivity index (χ0v) is 10.7. The van der Waals surface area contributed by atoms with Crippen LogP contribution < -0.4 is 5.32 Å². The van der Waals surface area contributed by atoms with Gasteiger partial charge in [-0.3, -0.25) is 4.79 Å². The van der Waals surface area contributed by atoms with E-state index < -0.39 is 0 Å². The summed E-state index contributed by atoms with van der Waals surface area (Å²) < 4.78 is 5.15. The molecule has 1 unspecified atom stereocenters. The van der Waals surface area contributed by atoms with E-state index in [0.717, 1.165) is 5.56 Å². The summed E-state index contributed by atoms with van der Waals surface area (Å²) in [6.45, 7) is 1.80. The van der Waals surface area contributed by atoms with Crippen molar-refractivity contribution < 1.29 is 14.4 Å². The van der Waals surface area contributed by atoms with Gasteiger partial charge in [-0.15, -0.1) is 0 Å². The number of amides is 1. The molecule has 0 fully saturated rings. The van der Waals surface area contributed by atoms with Gasteiger partial charge in [0.25, 0.3) is 5.91 Å². The fraction of sp³-hybridized carbons (Fsp3) is 0.286. The first-order chi connectivity index (χ1) is 9.24. The van der Waals surface area contributed by atoms with Crippen molar-refractivity contribution in [2.45, 2.75) is 19.4 Å². The number of aliphatic hydroxyl groups excluding tert-OH is 1. The van der Waals surface area contributed by atoms with Gasteiger partial charge in [-0.05, 0) is 6.42 Å². The number of nitrogens with one attached hydrogen (secondary N) is 1. The summed E-state index contributed by atoms with van der Waals surface area (Å²) in [7, 11) is 0. The van der Waals surface area contributed by atoms with Crippen LogP contribution in [0.25, 0.3) is 11.3 Å². The van der Waals surface area contributed by atoms with Gasteiger partial charge in [-0.1, -0.05) is 42.4 Å². The van der Waals surface area contributed by atoms with Gasteiger partial charge in [0.15, 0.2) is 11.5 Å². The second-order valence-electron chi connectivity index (χ2n) is 4.20. The highest BCUT2D eigenvalue weighted by atomic mass is 16.5. The van der Waals surface area contributed by atoms with Crippen LogP contribution >= 0.6 is 0 Å². The van der Waals surface area contributed by atoms with E-state index in [0.29, 0.717) is 12.2 Å². The zero-order chi connectivity index (χ0) is 13.7. The van der Waals surface area contributed by atoms with E-state index in [9.17, 15) is 4.79 Å². The lowest BCUT2D eigenvalue weighted by Crippen LogP contribution is -2.37. The number of carbonyl (C=O) groups excluding carboxylic acids is 1. The molecule has 2 rings (SSSR count). The summed E-state index contributed by atoms with van der Waals surface area (Å²) in [6, 6.07) is 10.8. The molecule has 100 valence electrons. The summed E-state index contributed by atoms with van der Waals surface area (Å²) in [5.41, 5.74) is 1.08. The molecule has 1 atom stereocenters. The van der Waals surface area contributed by atoms with E-state index in [-0.39, 0.29) is 24.2 Å². The average molecular weight is 260 g/mol. The molecule has 1 aromatic carbocycles. The fourth-order valence-electron chi connectivity index (χ4n) is 1.66. The van der Waals surface area contributed by atoms with Gasteiger partial charge >= 0.3 is 0 Å². The highest BCUT2D eigenvalue weighted by Crippen LogP contribution is 2.19. The first-order valence-corrected chi connectivity index (χ1v) is 6.18. The van der Waals surface area contributed by atoms with Crippen LogP contribution in [0.5, 0.6) is 0 Å². The Balaban J connectivity index is 2.11. The van der Waals surface area contributed by atoms with E-state index in [1.165, 1.54) is 0 Å². The summed E-state index contributed by atoms with van der Waals surface area (Å²) >= 11 is 0. The number of hydrogen-bond donors (Lipinski definition) is 2. The van der Waals surface area contributed by atoms with E-state index in [1.807, 2.05) is 37.3 Å². The Morgan fingerprint density at radius 1 is 1.42 bits per heavy atom. The Kier molecular flexibility index (Phi) is 4.30. The molecular weight excluding hydrogens is 244 g/mol. The van der Waals surface area contributed by atoms with Crippen molar-refractivity contribution in [3.63, 3.8) is 0 Å². The largest absolute Gasteiger partial charge is 0.394 e. The Labute approximate surface area is 111 Å². The second-order valence-corrected chi connectivity index (χ2v) is 4.20. The lowest BCUT2D eigenvalue weighted by atomic mass is 10.1. The van der Waals surface area contributed by atoms with E-state index >= 15 is 0 Å². The van der Waals surface area contributed by atoms with Gasteiger partial charge in [0.2, 0.25) is 0 Å². The molecule has 1 aromatic heterocycles. The normalized spacial score (nSPS) is 12.1. The molecule has 5 heteroatoms. The standard InChI is InChI=1S/C14H16N2O3/c1-2-11(9-17)15-14(18)12-8-13(19-16-12)10-6-4-3-5-7-10/h3-8,11,17H,2,9H2,1H3,(H,15,18). The number of nitrogens with zero attached hydrogens (tertiary/aromatic N) is 1. The third-order valence-corrected chi connectivity index (χ3v) is 2.85. The smallest absolute Gasteiger partial charge is 0.273 e. The molecule has 0 bridgehead atoms. The number of benzene rings is 1. The van der Waals surface area contributed by atoms with Crippen LogP contribution in [0.2, 0.25) is 0 Å². The van der Waals surface area contributed by atoms with Gasteiger partial charge < -0.3 is 14.9 Å². The maximum Gasteiger partial charge on any atom is 0.273 e. The van der Waals surface area contributed by atoms with E-state index in [1.54, 1.807) is 6.07 Å². The van der Waals surface area contributed by atoms with Gasteiger partial charge in [0.05, 0.1) is 12.6 Å². The number of hydrogen-bond acceptors (Lipinski definition) is 4. The lowest BCUT2D eigenvalue weighted by Gasteiger charge is -2.11. The molecule has 0 saturated carbocycles. The summed E-state index contributed by atoms with van der Waals surface area (Å²) in [6.07, 6.45) is 0.658.